The molecule has 2 nitrogen and oxygen atoms in total. The van der Waals surface area contributed by atoms with Crippen LogP contribution in [0.15, 0.2) is 0 Å². The van der Waals surface area contributed by atoms with Crippen LogP contribution < -0.4 is 5.32 Å². The van der Waals surface area contributed by atoms with Crippen molar-refractivity contribution in [3.05, 3.63) is 0 Å². The summed E-state index contributed by atoms with van der Waals surface area (Å²) in [6.07, 6.45) is 6.79. The lowest BCUT2D eigenvalue weighted by atomic mass is 9.74. The molecule has 0 aliphatic carbocycles. The molecular weight excluding hydrogens is 174 g/mol. The maximum atomic E-state index is 10.5. The molecule has 2 rings (SSSR count). The lowest BCUT2D eigenvalue weighted by Gasteiger charge is -2.46. The average Bonchev–Trinajstić information content (AvgIpc) is 1.99. The first-order chi connectivity index (χ1) is 6.57. The molecule has 2 aliphatic heterocycles. The van der Waals surface area contributed by atoms with E-state index >= 15 is 0 Å². The molecule has 0 amide bonds. The van der Waals surface area contributed by atoms with E-state index in [1.54, 1.807) is 0 Å². The van der Waals surface area contributed by atoms with Crippen molar-refractivity contribution in [1.82, 2.24) is 5.32 Å². The molecule has 2 N–H and O–H groups in total. The molecule has 0 radical (unpaired) electrons. The Hall–Kier alpha value is -0.0800. The summed E-state index contributed by atoms with van der Waals surface area (Å²) in [5.41, 5.74) is -0.366. The van der Waals surface area contributed by atoms with Crippen LogP contribution in [0.4, 0.5) is 0 Å². The van der Waals surface area contributed by atoms with Crippen molar-refractivity contribution in [2.45, 2.75) is 70.1 Å². The van der Waals surface area contributed by atoms with Crippen molar-refractivity contribution in [3.8, 4) is 0 Å². The topological polar surface area (TPSA) is 32.3 Å². The highest BCUT2D eigenvalue weighted by Crippen LogP contribution is 2.36. The van der Waals surface area contributed by atoms with Crippen LogP contribution in [0.3, 0.4) is 0 Å². The van der Waals surface area contributed by atoms with Gasteiger partial charge in [0.2, 0.25) is 0 Å². The van der Waals surface area contributed by atoms with Crippen LogP contribution in [0.5, 0.6) is 0 Å². The summed E-state index contributed by atoms with van der Waals surface area (Å²) in [7, 11) is 0. The van der Waals surface area contributed by atoms with E-state index in [2.05, 4.69) is 19.2 Å². The third-order valence-corrected chi connectivity index (χ3v) is 3.62. The van der Waals surface area contributed by atoms with Crippen LogP contribution in [-0.4, -0.2) is 22.8 Å². The molecule has 2 heterocycles. The zero-order chi connectivity index (χ0) is 10.2. The van der Waals surface area contributed by atoms with Crippen molar-refractivity contribution >= 4 is 0 Å². The number of nitrogens with one attached hydrogen (secondary N) is 1. The lowest BCUT2D eigenvalue weighted by Crippen LogP contribution is -2.56. The number of fused-ring (bicyclic) bond motifs is 2. The van der Waals surface area contributed by atoms with Gasteiger partial charge in [-0.05, 0) is 38.0 Å². The molecule has 0 aromatic heterocycles. The van der Waals surface area contributed by atoms with Crippen LogP contribution in [0, 0.1) is 5.92 Å². The van der Waals surface area contributed by atoms with Gasteiger partial charge in [-0.25, -0.2) is 0 Å². The minimum atomic E-state index is -0.366. The largest absolute Gasteiger partial charge is 0.390 e. The van der Waals surface area contributed by atoms with Gasteiger partial charge in [0.05, 0.1) is 5.60 Å². The maximum Gasteiger partial charge on any atom is 0.0679 e. The van der Waals surface area contributed by atoms with Gasteiger partial charge in [0.15, 0.2) is 0 Å². The van der Waals surface area contributed by atoms with Crippen molar-refractivity contribution in [2.24, 2.45) is 5.92 Å². The third-order valence-electron chi connectivity index (χ3n) is 3.62. The lowest BCUT2D eigenvalue weighted by molar-refractivity contribution is -0.0453. The monoisotopic (exact) mass is 197 g/mol. The Bertz CT molecular complexity index is 190. The van der Waals surface area contributed by atoms with E-state index in [0.717, 1.165) is 19.3 Å². The summed E-state index contributed by atoms with van der Waals surface area (Å²) in [5, 5.41) is 14.1. The molecule has 2 unspecified atom stereocenters. The fourth-order valence-corrected chi connectivity index (χ4v) is 3.36. The average molecular weight is 197 g/mol. The zero-order valence-electron chi connectivity index (χ0n) is 9.42. The number of aliphatic hydroxyl groups is 1. The molecule has 0 aromatic rings. The van der Waals surface area contributed by atoms with Crippen molar-refractivity contribution in [2.75, 3.05) is 0 Å². The number of rotatable bonds is 2. The van der Waals surface area contributed by atoms with Crippen molar-refractivity contribution < 1.29 is 5.11 Å². The van der Waals surface area contributed by atoms with Gasteiger partial charge in [-0.1, -0.05) is 20.3 Å². The minimum absolute atomic E-state index is 0.366. The zero-order valence-corrected chi connectivity index (χ0v) is 9.42. The molecular formula is C12H23NO. The fourth-order valence-electron chi connectivity index (χ4n) is 3.36. The van der Waals surface area contributed by atoms with Gasteiger partial charge >= 0.3 is 0 Å². The second-order valence-corrected chi connectivity index (χ2v) is 5.72. The van der Waals surface area contributed by atoms with E-state index in [9.17, 15) is 5.11 Å². The first-order valence-electron chi connectivity index (χ1n) is 6.06. The van der Waals surface area contributed by atoms with E-state index in [0.29, 0.717) is 18.0 Å². The van der Waals surface area contributed by atoms with E-state index in [1.807, 2.05) is 0 Å². The standard InChI is InChI=1S/C12H23NO/c1-9(2)6-12(14)7-10-4-3-5-11(8-12)13-10/h9-11,13-14H,3-8H2,1-2H3. The quantitative estimate of drug-likeness (QED) is 0.710. The minimum Gasteiger partial charge on any atom is -0.390 e. The van der Waals surface area contributed by atoms with Gasteiger partial charge in [-0.3, -0.25) is 0 Å². The molecule has 2 bridgehead atoms. The Balaban J connectivity index is 1.99. The second-order valence-electron chi connectivity index (χ2n) is 5.72. The first-order valence-corrected chi connectivity index (χ1v) is 6.06. The Labute approximate surface area is 87.1 Å². The summed E-state index contributed by atoms with van der Waals surface area (Å²) in [6.45, 7) is 4.41. The van der Waals surface area contributed by atoms with Gasteiger partial charge in [-0.15, -0.1) is 0 Å². The van der Waals surface area contributed by atoms with E-state index in [-0.39, 0.29) is 5.60 Å². The molecule has 2 fully saturated rings. The summed E-state index contributed by atoms with van der Waals surface area (Å²) in [6, 6.07) is 1.18. The molecule has 0 saturated carbocycles. The summed E-state index contributed by atoms with van der Waals surface area (Å²) in [5.74, 6) is 0.610. The Morgan fingerprint density at radius 2 is 1.86 bits per heavy atom. The molecule has 0 aromatic carbocycles. The highest BCUT2D eigenvalue weighted by molar-refractivity contribution is 4.97. The van der Waals surface area contributed by atoms with Crippen LogP contribution in [0.1, 0.15) is 52.4 Å². The van der Waals surface area contributed by atoms with Gasteiger partial charge in [0, 0.05) is 12.1 Å². The molecule has 0 spiro atoms. The number of piperidine rings is 2. The number of hydrogen-bond acceptors (Lipinski definition) is 2. The molecule has 2 atom stereocenters. The van der Waals surface area contributed by atoms with Gasteiger partial charge in [0.25, 0.3) is 0 Å². The van der Waals surface area contributed by atoms with Crippen LogP contribution in [-0.2, 0) is 0 Å². The number of hydrogen-bond donors (Lipinski definition) is 2. The summed E-state index contributed by atoms with van der Waals surface area (Å²) >= 11 is 0. The molecule has 2 saturated heterocycles. The van der Waals surface area contributed by atoms with Crippen LogP contribution >= 0.6 is 0 Å². The van der Waals surface area contributed by atoms with Crippen LogP contribution in [0.25, 0.3) is 0 Å². The predicted molar refractivity (Wildman–Crippen MR) is 58.2 cm³/mol. The van der Waals surface area contributed by atoms with Gasteiger partial charge < -0.3 is 10.4 Å². The first kappa shape index (κ1) is 10.4. The van der Waals surface area contributed by atoms with Crippen molar-refractivity contribution in [3.63, 3.8) is 0 Å². The van der Waals surface area contributed by atoms with Gasteiger partial charge in [-0.2, -0.15) is 0 Å². The Kier molecular flexibility index (Phi) is 2.85. The second kappa shape index (κ2) is 3.82. The highest BCUT2D eigenvalue weighted by atomic mass is 16.3. The highest BCUT2D eigenvalue weighted by Gasteiger charge is 2.40. The van der Waals surface area contributed by atoms with E-state index < -0.39 is 0 Å². The molecule has 2 aliphatic rings. The summed E-state index contributed by atoms with van der Waals surface area (Å²) < 4.78 is 0. The molecule has 14 heavy (non-hydrogen) atoms. The SMILES string of the molecule is CC(C)CC1(O)CC2CCCC(C1)N2. The smallest absolute Gasteiger partial charge is 0.0679 e. The molecule has 2 heteroatoms. The normalized spacial score (nSPS) is 42.9. The third kappa shape index (κ3) is 2.29. The Morgan fingerprint density at radius 1 is 1.29 bits per heavy atom. The van der Waals surface area contributed by atoms with Crippen LogP contribution in [0.2, 0.25) is 0 Å². The van der Waals surface area contributed by atoms with Crippen molar-refractivity contribution in [1.29, 1.82) is 0 Å². The maximum absolute atomic E-state index is 10.5. The Morgan fingerprint density at radius 3 is 2.36 bits per heavy atom. The van der Waals surface area contributed by atoms with Gasteiger partial charge in [0.1, 0.15) is 0 Å². The fraction of sp³-hybridized carbons (Fsp3) is 1.00. The predicted octanol–water partition coefficient (Wildman–Crippen LogP) is 2.07. The summed E-state index contributed by atoms with van der Waals surface area (Å²) in [4.78, 5) is 0. The van der Waals surface area contributed by atoms with E-state index in [1.165, 1.54) is 19.3 Å². The van der Waals surface area contributed by atoms with E-state index in [4.69, 9.17) is 0 Å². The molecule has 82 valence electrons.